The number of rotatable bonds is 3. The van der Waals surface area contributed by atoms with E-state index in [1.165, 1.54) is 0 Å². The van der Waals surface area contributed by atoms with Crippen molar-refractivity contribution in [1.82, 2.24) is 0 Å². The van der Waals surface area contributed by atoms with Crippen LogP contribution in [0.25, 0.3) is 0 Å². The minimum Gasteiger partial charge on any atom is -0.378 e. The second kappa shape index (κ2) is 6.75. The number of nitrogens with two attached hydrogens (primary N) is 1. The van der Waals surface area contributed by atoms with Gasteiger partial charge in [-0.2, -0.15) is 0 Å². The van der Waals surface area contributed by atoms with Crippen LogP contribution in [0.5, 0.6) is 0 Å². The van der Waals surface area contributed by atoms with Gasteiger partial charge in [0, 0.05) is 5.56 Å². The number of carbonyl (C=O) groups excluding carboxylic acids is 1. The van der Waals surface area contributed by atoms with E-state index in [-0.39, 0.29) is 10.3 Å². The van der Waals surface area contributed by atoms with Gasteiger partial charge in [-0.1, -0.05) is 60.7 Å². The Labute approximate surface area is 116 Å². The van der Waals surface area contributed by atoms with Gasteiger partial charge in [0.05, 0.1) is 6.54 Å². The van der Waals surface area contributed by atoms with E-state index in [1.54, 1.807) is 12.1 Å². The normalized spacial score (nSPS) is 11.3. The molecular weight excluding hydrogens is 256 g/mol. The Bertz CT molecular complexity index is 567. The molecule has 0 aliphatic heterocycles. The summed E-state index contributed by atoms with van der Waals surface area (Å²) >= 11 is 0.961. The Hall–Kier alpha value is -2.07. The molecule has 0 unspecified atom stereocenters. The fourth-order valence-electron chi connectivity index (χ4n) is 1.51. The van der Waals surface area contributed by atoms with E-state index in [4.69, 9.17) is 5.73 Å². The quantitative estimate of drug-likeness (QED) is 0.689. The first-order valence-corrected chi connectivity index (χ1v) is 6.68. The van der Waals surface area contributed by atoms with Gasteiger partial charge in [-0.05, 0) is 17.3 Å². The first-order valence-electron chi connectivity index (χ1n) is 5.87. The first kappa shape index (κ1) is 13.4. The number of nitrogens with zero attached hydrogens (tertiary/aromatic N) is 1. The van der Waals surface area contributed by atoms with Crippen LogP contribution in [-0.4, -0.2) is 10.3 Å². The molecule has 0 aliphatic rings. The average molecular weight is 270 g/mol. The fraction of sp³-hybridized carbons (Fsp3) is 0.0667. The molecule has 0 saturated carbocycles. The number of thioether (sulfide) groups is 1. The van der Waals surface area contributed by atoms with Gasteiger partial charge in [0.2, 0.25) is 5.12 Å². The molecule has 19 heavy (non-hydrogen) atoms. The molecule has 0 atom stereocenters. The van der Waals surface area contributed by atoms with Crippen molar-refractivity contribution in [3.8, 4) is 0 Å². The number of hydrogen-bond acceptors (Lipinski definition) is 3. The van der Waals surface area contributed by atoms with Crippen molar-refractivity contribution in [3.05, 3.63) is 71.8 Å². The molecule has 2 rings (SSSR count). The minimum absolute atomic E-state index is 0.0880. The molecule has 0 bridgehead atoms. The van der Waals surface area contributed by atoms with Crippen LogP contribution >= 0.6 is 11.8 Å². The van der Waals surface area contributed by atoms with E-state index < -0.39 is 0 Å². The molecular formula is C15H14N2OS. The Morgan fingerprint density at radius 2 is 1.58 bits per heavy atom. The molecule has 2 aromatic rings. The summed E-state index contributed by atoms with van der Waals surface area (Å²) in [6.45, 7) is 0.488. The standard InChI is InChI=1S/C15H14N2OS/c16-15(17-11-12-7-3-1-4-8-12)19-14(18)13-9-5-2-6-10-13/h1-10H,11H2,(H2,16,17). The molecule has 0 amide bonds. The van der Waals surface area contributed by atoms with Gasteiger partial charge in [0.1, 0.15) is 0 Å². The maximum absolute atomic E-state index is 11.9. The third-order valence-electron chi connectivity index (χ3n) is 2.47. The summed E-state index contributed by atoms with van der Waals surface area (Å²) in [6, 6.07) is 18.8. The number of benzene rings is 2. The van der Waals surface area contributed by atoms with Gasteiger partial charge in [0.15, 0.2) is 5.17 Å². The van der Waals surface area contributed by atoms with E-state index in [0.717, 1.165) is 17.3 Å². The van der Waals surface area contributed by atoms with E-state index >= 15 is 0 Å². The topological polar surface area (TPSA) is 55.4 Å². The lowest BCUT2D eigenvalue weighted by atomic mass is 10.2. The summed E-state index contributed by atoms with van der Waals surface area (Å²) in [7, 11) is 0. The van der Waals surface area contributed by atoms with Crippen molar-refractivity contribution in [2.45, 2.75) is 6.54 Å². The smallest absolute Gasteiger partial charge is 0.226 e. The molecule has 2 N–H and O–H groups in total. The van der Waals surface area contributed by atoms with Gasteiger partial charge < -0.3 is 5.73 Å². The summed E-state index contributed by atoms with van der Waals surface area (Å²) in [4.78, 5) is 16.1. The van der Waals surface area contributed by atoms with Crippen LogP contribution < -0.4 is 5.73 Å². The zero-order chi connectivity index (χ0) is 13.5. The lowest BCUT2D eigenvalue weighted by Gasteiger charge is -2.01. The van der Waals surface area contributed by atoms with E-state index in [2.05, 4.69) is 4.99 Å². The molecule has 4 heteroatoms. The average Bonchev–Trinajstić information content (AvgIpc) is 2.47. The monoisotopic (exact) mass is 270 g/mol. The first-order chi connectivity index (χ1) is 9.25. The van der Waals surface area contributed by atoms with Crippen molar-refractivity contribution < 1.29 is 4.79 Å². The Kier molecular flexibility index (Phi) is 4.75. The van der Waals surface area contributed by atoms with Crippen molar-refractivity contribution in [2.75, 3.05) is 0 Å². The van der Waals surface area contributed by atoms with Crippen molar-refractivity contribution in [1.29, 1.82) is 0 Å². The highest BCUT2D eigenvalue weighted by atomic mass is 32.2. The molecule has 0 heterocycles. The highest BCUT2D eigenvalue weighted by molar-refractivity contribution is 8.26. The Morgan fingerprint density at radius 1 is 1.00 bits per heavy atom. The molecule has 3 nitrogen and oxygen atoms in total. The second-order valence-electron chi connectivity index (χ2n) is 3.90. The lowest BCUT2D eigenvalue weighted by Crippen LogP contribution is -2.10. The molecule has 0 aromatic heterocycles. The van der Waals surface area contributed by atoms with Crippen LogP contribution in [0, 0.1) is 0 Å². The van der Waals surface area contributed by atoms with E-state index in [0.29, 0.717) is 12.1 Å². The zero-order valence-electron chi connectivity index (χ0n) is 10.3. The molecule has 0 fully saturated rings. The molecule has 0 spiro atoms. The number of amidine groups is 1. The molecule has 2 aromatic carbocycles. The highest BCUT2D eigenvalue weighted by Crippen LogP contribution is 2.12. The van der Waals surface area contributed by atoms with Crippen molar-refractivity contribution >= 4 is 22.0 Å². The summed E-state index contributed by atoms with van der Waals surface area (Å²) in [5.74, 6) is 0. The van der Waals surface area contributed by atoms with Gasteiger partial charge in [-0.3, -0.25) is 9.79 Å². The Morgan fingerprint density at radius 3 is 2.21 bits per heavy atom. The number of aliphatic imine (C=N–C) groups is 1. The summed E-state index contributed by atoms with van der Waals surface area (Å²) in [6.07, 6.45) is 0. The highest BCUT2D eigenvalue weighted by Gasteiger charge is 2.08. The third kappa shape index (κ3) is 4.26. The minimum atomic E-state index is -0.0880. The van der Waals surface area contributed by atoms with E-state index in [1.807, 2.05) is 48.5 Å². The predicted octanol–water partition coefficient (Wildman–Crippen LogP) is 3.07. The molecule has 0 aliphatic carbocycles. The van der Waals surface area contributed by atoms with Gasteiger partial charge in [-0.15, -0.1) is 0 Å². The van der Waals surface area contributed by atoms with Crippen LogP contribution in [0.4, 0.5) is 0 Å². The lowest BCUT2D eigenvalue weighted by molar-refractivity contribution is 0.109. The van der Waals surface area contributed by atoms with Crippen LogP contribution in [-0.2, 0) is 6.54 Å². The summed E-state index contributed by atoms with van der Waals surface area (Å²) in [5, 5.41) is 0.201. The van der Waals surface area contributed by atoms with Gasteiger partial charge in [0.25, 0.3) is 0 Å². The molecule has 0 saturated heterocycles. The van der Waals surface area contributed by atoms with E-state index in [9.17, 15) is 4.79 Å². The number of hydrogen-bond donors (Lipinski definition) is 1. The maximum atomic E-state index is 11.9. The maximum Gasteiger partial charge on any atom is 0.226 e. The third-order valence-corrected chi connectivity index (χ3v) is 3.23. The van der Waals surface area contributed by atoms with Crippen LogP contribution in [0.2, 0.25) is 0 Å². The zero-order valence-corrected chi connectivity index (χ0v) is 11.1. The fourth-order valence-corrected chi connectivity index (χ4v) is 2.09. The summed E-state index contributed by atoms with van der Waals surface area (Å²) in [5.41, 5.74) is 7.45. The number of carbonyl (C=O) groups is 1. The van der Waals surface area contributed by atoms with Crippen LogP contribution in [0.15, 0.2) is 65.7 Å². The molecule has 0 radical (unpaired) electrons. The largest absolute Gasteiger partial charge is 0.378 e. The van der Waals surface area contributed by atoms with Crippen molar-refractivity contribution in [3.63, 3.8) is 0 Å². The van der Waals surface area contributed by atoms with Crippen molar-refractivity contribution in [2.24, 2.45) is 10.7 Å². The summed E-state index contributed by atoms with van der Waals surface area (Å²) < 4.78 is 0. The Balaban J connectivity index is 1.94. The van der Waals surface area contributed by atoms with Gasteiger partial charge in [-0.25, -0.2) is 0 Å². The predicted molar refractivity (Wildman–Crippen MR) is 80.1 cm³/mol. The van der Waals surface area contributed by atoms with Gasteiger partial charge >= 0.3 is 0 Å². The molecule has 96 valence electrons. The van der Waals surface area contributed by atoms with Crippen LogP contribution in [0.3, 0.4) is 0 Å². The second-order valence-corrected chi connectivity index (χ2v) is 4.89. The van der Waals surface area contributed by atoms with Crippen LogP contribution in [0.1, 0.15) is 15.9 Å². The SMILES string of the molecule is NC(=NCc1ccccc1)SC(=O)c1ccccc1.